The molecule has 0 heterocycles. The van der Waals surface area contributed by atoms with E-state index < -0.39 is 10.0 Å². The molecule has 120 valence electrons. The van der Waals surface area contributed by atoms with E-state index in [0.29, 0.717) is 5.39 Å². The lowest BCUT2D eigenvalue weighted by molar-refractivity contribution is 0.417. The summed E-state index contributed by atoms with van der Waals surface area (Å²) in [7, 11) is -2.46. The molecule has 0 radical (unpaired) electrons. The van der Waals surface area contributed by atoms with Gasteiger partial charge in [-0.25, -0.2) is 8.42 Å². The third-order valence-electron chi connectivity index (χ3n) is 3.60. The quantitative estimate of drug-likeness (QED) is 0.724. The molecule has 1 N–H and O–H groups in total. The van der Waals surface area contributed by atoms with E-state index in [9.17, 15) is 13.8 Å². The van der Waals surface area contributed by atoms with Crippen LogP contribution in [0.15, 0.2) is 65.6 Å². The van der Waals surface area contributed by atoms with Gasteiger partial charge in [-0.15, -0.1) is 0 Å². The van der Waals surface area contributed by atoms with Gasteiger partial charge in [-0.2, -0.15) is 0 Å². The second-order valence-electron chi connectivity index (χ2n) is 5.04. The van der Waals surface area contributed by atoms with Crippen molar-refractivity contribution >= 4 is 32.2 Å². The lowest BCUT2D eigenvalue weighted by atomic mass is 10.1. The van der Waals surface area contributed by atoms with Crippen molar-refractivity contribution in [1.29, 1.82) is 5.39 Å². The van der Waals surface area contributed by atoms with Gasteiger partial charge in [0.2, 0.25) is 11.1 Å². The van der Waals surface area contributed by atoms with Gasteiger partial charge in [0, 0.05) is 5.39 Å². The normalized spacial score (nSPS) is 11.0. The van der Waals surface area contributed by atoms with Gasteiger partial charge in [-0.1, -0.05) is 42.5 Å². The third kappa shape index (κ3) is 2.75. The molecule has 0 bridgehead atoms. The van der Waals surface area contributed by atoms with Crippen LogP contribution in [0, 0.1) is 5.39 Å². The smallest absolute Gasteiger partial charge is 0.449 e. The van der Waals surface area contributed by atoms with E-state index in [1.165, 1.54) is 19.2 Å². The zero-order chi connectivity index (χ0) is 17.2. The van der Waals surface area contributed by atoms with Crippen LogP contribution in [0.4, 0.5) is 11.4 Å². The summed E-state index contributed by atoms with van der Waals surface area (Å²) in [5, 5.41) is 10.6. The van der Waals surface area contributed by atoms with Gasteiger partial charge in [-0.3, -0.25) is 4.72 Å². The Kier molecular flexibility index (Phi) is 4.06. The zero-order valence-electron chi connectivity index (χ0n) is 12.8. The van der Waals surface area contributed by atoms with Crippen molar-refractivity contribution in [2.24, 2.45) is 0 Å². The number of nitrogens with zero attached hydrogens (tertiary/aromatic N) is 2. The first kappa shape index (κ1) is 15.8. The summed E-state index contributed by atoms with van der Waals surface area (Å²) < 4.78 is 33.2. The standard InChI is InChI=1S/C17H14N3O3S/c1-23-15-10-5-9-14(17(15)19-18)20-24(21,22)16-11-4-7-12-6-2-3-8-13(12)16/h2-11,20H,1H3/q+1. The Morgan fingerprint density at radius 1 is 1.00 bits per heavy atom. The number of fused-ring (bicyclic) bond motifs is 1. The van der Waals surface area contributed by atoms with E-state index in [2.05, 4.69) is 9.70 Å². The molecule has 3 rings (SSSR count). The Balaban J connectivity index is 2.12. The molecule has 0 amide bonds. The molecule has 0 unspecified atom stereocenters. The van der Waals surface area contributed by atoms with E-state index in [1.54, 1.807) is 30.3 Å². The van der Waals surface area contributed by atoms with Gasteiger partial charge in [0.15, 0.2) is 4.98 Å². The fraction of sp³-hybridized carbons (Fsp3) is 0.0588. The molecule has 3 aromatic carbocycles. The van der Waals surface area contributed by atoms with Gasteiger partial charge in [0.25, 0.3) is 10.0 Å². The number of hydrogen-bond acceptors (Lipinski definition) is 4. The van der Waals surface area contributed by atoms with Crippen molar-refractivity contribution in [3.8, 4) is 5.75 Å². The summed E-state index contributed by atoms with van der Waals surface area (Å²) >= 11 is 0. The number of hydrogen-bond donors (Lipinski definition) is 1. The van der Waals surface area contributed by atoms with Gasteiger partial charge < -0.3 is 4.74 Å². The fourth-order valence-electron chi connectivity index (χ4n) is 2.50. The number of sulfonamides is 1. The van der Waals surface area contributed by atoms with E-state index >= 15 is 0 Å². The highest BCUT2D eigenvalue weighted by Crippen LogP contribution is 2.37. The van der Waals surface area contributed by atoms with Crippen molar-refractivity contribution in [2.75, 3.05) is 11.8 Å². The minimum atomic E-state index is -3.87. The van der Waals surface area contributed by atoms with Crippen molar-refractivity contribution in [1.82, 2.24) is 0 Å². The van der Waals surface area contributed by atoms with Crippen LogP contribution in [0.2, 0.25) is 0 Å². The maximum atomic E-state index is 12.8. The second-order valence-corrected chi connectivity index (χ2v) is 6.69. The highest BCUT2D eigenvalue weighted by Gasteiger charge is 2.26. The largest absolute Gasteiger partial charge is 0.489 e. The van der Waals surface area contributed by atoms with Crippen LogP contribution in [0.1, 0.15) is 0 Å². The zero-order valence-corrected chi connectivity index (χ0v) is 13.6. The molecule has 6 nitrogen and oxygen atoms in total. The Hall–Kier alpha value is -3.11. The molecule has 0 aromatic heterocycles. The van der Waals surface area contributed by atoms with Crippen LogP contribution in [0.25, 0.3) is 15.7 Å². The summed E-state index contributed by atoms with van der Waals surface area (Å²) in [6, 6.07) is 16.9. The summed E-state index contributed by atoms with van der Waals surface area (Å²) in [5.74, 6) is 0.260. The van der Waals surface area contributed by atoms with E-state index in [-0.39, 0.29) is 22.0 Å². The summed E-state index contributed by atoms with van der Waals surface area (Å²) in [4.78, 5) is 3.28. The molecule has 0 fully saturated rings. The molecule has 7 heteroatoms. The summed E-state index contributed by atoms with van der Waals surface area (Å²) in [6.45, 7) is 0. The van der Waals surface area contributed by atoms with Crippen molar-refractivity contribution < 1.29 is 13.2 Å². The maximum absolute atomic E-state index is 12.8. The van der Waals surface area contributed by atoms with Crippen molar-refractivity contribution in [3.63, 3.8) is 0 Å². The van der Waals surface area contributed by atoms with Crippen LogP contribution in [-0.2, 0) is 10.0 Å². The molecule has 0 spiro atoms. The first-order chi connectivity index (χ1) is 11.6. The minimum absolute atomic E-state index is 0.0174. The van der Waals surface area contributed by atoms with Crippen LogP contribution in [0.3, 0.4) is 0 Å². The molecular formula is C17H14N3O3S+. The number of ether oxygens (including phenoxy) is 1. The number of methoxy groups -OCH3 is 1. The minimum Gasteiger partial charge on any atom is -0.489 e. The first-order valence-electron chi connectivity index (χ1n) is 7.09. The molecule has 0 saturated carbocycles. The number of nitrogens with one attached hydrogen (secondary N) is 1. The van der Waals surface area contributed by atoms with E-state index in [1.807, 2.05) is 18.2 Å². The molecule has 0 aliphatic rings. The van der Waals surface area contributed by atoms with Crippen LogP contribution in [0.5, 0.6) is 5.75 Å². The predicted octanol–water partition coefficient (Wildman–Crippen LogP) is 4.13. The average Bonchev–Trinajstić information content (AvgIpc) is 2.60. The number of rotatable bonds is 4. The van der Waals surface area contributed by atoms with Gasteiger partial charge in [0.05, 0.1) is 12.0 Å². The van der Waals surface area contributed by atoms with Crippen LogP contribution >= 0.6 is 0 Å². The lowest BCUT2D eigenvalue weighted by Gasteiger charge is -2.10. The number of anilines is 1. The molecule has 24 heavy (non-hydrogen) atoms. The van der Waals surface area contributed by atoms with Crippen molar-refractivity contribution in [3.05, 3.63) is 65.6 Å². The van der Waals surface area contributed by atoms with Crippen molar-refractivity contribution in [2.45, 2.75) is 4.90 Å². The summed E-state index contributed by atoms with van der Waals surface area (Å²) in [6.07, 6.45) is 0. The summed E-state index contributed by atoms with van der Waals surface area (Å²) in [5.41, 5.74) is 0.147. The monoisotopic (exact) mass is 340 g/mol. The van der Waals surface area contributed by atoms with Gasteiger partial charge >= 0.3 is 5.69 Å². The van der Waals surface area contributed by atoms with E-state index in [4.69, 9.17) is 4.74 Å². The Morgan fingerprint density at radius 2 is 1.71 bits per heavy atom. The fourth-order valence-corrected chi connectivity index (χ4v) is 3.80. The van der Waals surface area contributed by atoms with Gasteiger partial charge in [0.1, 0.15) is 5.69 Å². The second kappa shape index (κ2) is 6.18. The number of benzene rings is 3. The SMILES string of the molecule is COc1cccc(NS(=O)(=O)c2cccc3ccccc23)c1[N+]#N. The highest BCUT2D eigenvalue weighted by molar-refractivity contribution is 7.93. The maximum Gasteiger partial charge on any atom is 0.449 e. The first-order valence-corrected chi connectivity index (χ1v) is 8.58. The van der Waals surface area contributed by atoms with E-state index in [0.717, 1.165) is 5.39 Å². The van der Waals surface area contributed by atoms with Gasteiger partial charge in [-0.05, 0) is 23.6 Å². The highest BCUT2D eigenvalue weighted by atomic mass is 32.2. The Labute approximate surface area is 139 Å². The average molecular weight is 340 g/mol. The van der Waals surface area contributed by atoms with Crippen LogP contribution < -0.4 is 9.46 Å². The Bertz CT molecular complexity index is 1050. The molecule has 0 saturated heterocycles. The number of diazo groups is 1. The predicted molar refractivity (Wildman–Crippen MR) is 92.5 cm³/mol. The van der Waals surface area contributed by atoms with Crippen LogP contribution in [-0.4, -0.2) is 15.5 Å². The molecule has 0 aliphatic heterocycles. The molecule has 3 aromatic rings. The topological polar surface area (TPSA) is 83.5 Å². The Morgan fingerprint density at radius 3 is 2.46 bits per heavy atom. The lowest BCUT2D eigenvalue weighted by Crippen LogP contribution is -2.13. The molecule has 0 atom stereocenters. The third-order valence-corrected chi connectivity index (χ3v) is 5.03. The molecule has 0 aliphatic carbocycles. The molecular weight excluding hydrogens is 326 g/mol.